The highest BCUT2D eigenvalue weighted by Gasteiger charge is 2.19. The predicted octanol–water partition coefficient (Wildman–Crippen LogP) is 0.0576. The van der Waals surface area contributed by atoms with Gasteiger partial charge in [-0.2, -0.15) is 0 Å². The molecule has 0 saturated carbocycles. The number of urea groups is 1. The molecule has 9 heteroatoms. The van der Waals surface area contributed by atoms with Gasteiger partial charge in [0.05, 0.1) is 0 Å². The van der Waals surface area contributed by atoms with Crippen molar-refractivity contribution < 1.29 is 19.8 Å². The van der Waals surface area contributed by atoms with Crippen molar-refractivity contribution in [1.29, 1.82) is 0 Å². The molecule has 1 rings (SSSR count). The van der Waals surface area contributed by atoms with Crippen molar-refractivity contribution in [2.24, 2.45) is 0 Å². The summed E-state index contributed by atoms with van der Waals surface area (Å²) in [6, 6.07) is -1.82. The van der Waals surface area contributed by atoms with E-state index in [1.54, 1.807) is 0 Å². The second kappa shape index (κ2) is 6.87. The van der Waals surface area contributed by atoms with Crippen molar-refractivity contribution >= 4 is 28.5 Å². The van der Waals surface area contributed by atoms with E-state index < -0.39 is 18.0 Å². The van der Waals surface area contributed by atoms with Crippen LogP contribution in [-0.2, 0) is 11.2 Å². The van der Waals surface area contributed by atoms with Gasteiger partial charge in [-0.1, -0.05) is 18.3 Å². The Kier molecular flexibility index (Phi) is 5.46. The molecule has 0 aromatic carbocycles. The highest BCUT2D eigenvalue weighted by molar-refractivity contribution is 7.15. The third kappa shape index (κ3) is 4.26. The lowest BCUT2D eigenvalue weighted by atomic mass is 10.2. The van der Waals surface area contributed by atoms with Gasteiger partial charge in [-0.05, 0) is 6.42 Å². The van der Waals surface area contributed by atoms with Crippen LogP contribution in [0.4, 0.5) is 9.93 Å². The molecule has 2 amide bonds. The van der Waals surface area contributed by atoms with Crippen LogP contribution in [0.15, 0.2) is 0 Å². The topological polar surface area (TPSA) is 124 Å². The number of rotatable bonds is 6. The molecule has 1 atom stereocenters. The maximum absolute atomic E-state index is 11.5. The van der Waals surface area contributed by atoms with Crippen LogP contribution in [0, 0.1) is 0 Å². The fourth-order valence-electron chi connectivity index (χ4n) is 1.12. The first kappa shape index (κ1) is 14.3. The molecule has 0 fully saturated rings. The van der Waals surface area contributed by atoms with Crippen LogP contribution in [-0.4, -0.2) is 45.1 Å². The molecule has 0 aliphatic rings. The number of hydrogen-bond donors (Lipinski definition) is 4. The summed E-state index contributed by atoms with van der Waals surface area (Å²) in [6.07, 6.45) is 0.655. The van der Waals surface area contributed by atoms with E-state index in [9.17, 15) is 9.59 Å². The molecule has 4 N–H and O–H groups in total. The van der Waals surface area contributed by atoms with Crippen molar-refractivity contribution in [3.63, 3.8) is 0 Å². The summed E-state index contributed by atoms with van der Waals surface area (Å²) in [5.74, 6) is -1.20. The van der Waals surface area contributed by atoms with Gasteiger partial charge in [-0.15, -0.1) is 10.2 Å². The van der Waals surface area contributed by atoms with Gasteiger partial charge in [0.15, 0.2) is 0 Å². The Bertz CT molecular complexity index is 422. The molecule has 0 radical (unpaired) electrons. The van der Waals surface area contributed by atoms with Crippen LogP contribution in [0.25, 0.3) is 0 Å². The number of aromatic nitrogens is 2. The van der Waals surface area contributed by atoms with Crippen LogP contribution < -0.4 is 10.6 Å². The average molecular weight is 274 g/mol. The van der Waals surface area contributed by atoms with Crippen molar-refractivity contribution in [3.05, 3.63) is 5.01 Å². The van der Waals surface area contributed by atoms with Crippen LogP contribution in [0.2, 0.25) is 0 Å². The van der Waals surface area contributed by atoms with Gasteiger partial charge >= 0.3 is 12.0 Å². The maximum atomic E-state index is 11.5. The van der Waals surface area contributed by atoms with E-state index in [4.69, 9.17) is 10.2 Å². The van der Waals surface area contributed by atoms with Gasteiger partial charge < -0.3 is 15.5 Å². The number of anilines is 1. The Morgan fingerprint density at radius 2 is 2.17 bits per heavy atom. The summed E-state index contributed by atoms with van der Waals surface area (Å²) in [4.78, 5) is 22.2. The number of nitrogens with zero attached hydrogens (tertiary/aromatic N) is 2. The third-order valence-corrected chi connectivity index (χ3v) is 2.99. The van der Waals surface area contributed by atoms with E-state index in [0.29, 0.717) is 11.6 Å². The summed E-state index contributed by atoms with van der Waals surface area (Å²) in [5, 5.41) is 30.7. The van der Waals surface area contributed by atoms with Crippen LogP contribution in [0.1, 0.15) is 18.4 Å². The predicted molar refractivity (Wildman–Crippen MR) is 64.6 cm³/mol. The van der Waals surface area contributed by atoms with Gasteiger partial charge in [0.1, 0.15) is 11.0 Å². The third-order valence-electron chi connectivity index (χ3n) is 2.01. The highest BCUT2D eigenvalue weighted by Crippen LogP contribution is 2.14. The molecule has 18 heavy (non-hydrogen) atoms. The SMILES string of the molecule is CCc1nnc(NC(=O)N[C@H](CCO)C(=O)O)s1. The number of carboxylic acids is 1. The Labute approximate surface area is 107 Å². The van der Waals surface area contributed by atoms with Gasteiger partial charge in [-0.3, -0.25) is 5.32 Å². The summed E-state index contributed by atoms with van der Waals surface area (Å²) >= 11 is 1.22. The molecule has 0 spiro atoms. The van der Waals surface area contributed by atoms with Gasteiger partial charge in [-0.25, -0.2) is 9.59 Å². The molecule has 1 heterocycles. The number of carboxylic acid groups (broad SMARTS) is 1. The quantitative estimate of drug-likeness (QED) is 0.581. The molecular weight excluding hydrogens is 260 g/mol. The van der Waals surface area contributed by atoms with Crippen LogP contribution >= 0.6 is 11.3 Å². The molecule has 100 valence electrons. The zero-order chi connectivity index (χ0) is 13.5. The number of aliphatic carboxylic acids is 1. The van der Waals surface area contributed by atoms with Gasteiger partial charge in [0, 0.05) is 13.0 Å². The van der Waals surface area contributed by atoms with E-state index in [0.717, 1.165) is 5.01 Å². The van der Waals surface area contributed by atoms with E-state index in [1.165, 1.54) is 11.3 Å². The number of hydrogen-bond acceptors (Lipinski definition) is 6. The molecular formula is C9H14N4O4S. The number of nitrogens with one attached hydrogen (secondary N) is 2. The van der Waals surface area contributed by atoms with E-state index in [2.05, 4.69) is 20.8 Å². The lowest BCUT2D eigenvalue weighted by molar-refractivity contribution is -0.139. The lowest BCUT2D eigenvalue weighted by Crippen LogP contribution is -2.43. The maximum Gasteiger partial charge on any atom is 0.326 e. The number of carbonyl (C=O) groups excluding carboxylic acids is 1. The number of amides is 2. The van der Waals surface area contributed by atoms with Crippen molar-refractivity contribution in [2.75, 3.05) is 11.9 Å². The Morgan fingerprint density at radius 1 is 1.44 bits per heavy atom. The molecule has 1 aromatic heterocycles. The monoisotopic (exact) mass is 274 g/mol. The van der Waals surface area contributed by atoms with E-state index >= 15 is 0 Å². The first-order chi connectivity index (χ1) is 8.56. The number of aliphatic hydroxyl groups is 1. The van der Waals surface area contributed by atoms with Gasteiger partial charge in [0.25, 0.3) is 0 Å². The highest BCUT2D eigenvalue weighted by atomic mass is 32.1. The fourth-order valence-corrected chi connectivity index (χ4v) is 1.80. The molecule has 0 aliphatic heterocycles. The molecule has 0 saturated heterocycles. The van der Waals surface area contributed by atoms with Crippen LogP contribution in [0.3, 0.4) is 0 Å². The van der Waals surface area contributed by atoms with Crippen LogP contribution in [0.5, 0.6) is 0 Å². The normalized spacial score (nSPS) is 11.9. The fraction of sp³-hybridized carbons (Fsp3) is 0.556. The largest absolute Gasteiger partial charge is 0.480 e. The second-order valence-corrected chi connectivity index (χ2v) is 4.42. The smallest absolute Gasteiger partial charge is 0.326 e. The minimum Gasteiger partial charge on any atom is -0.480 e. The minimum atomic E-state index is -1.20. The molecule has 0 unspecified atom stereocenters. The summed E-state index contributed by atoms with van der Waals surface area (Å²) in [6.45, 7) is 1.59. The van der Waals surface area contributed by atoms with Crippen molar-refractivity contribution in [2.45, 2.75) is 25.8 Å². The minimum absolute atomic E-state index is 0.0565. The summed E-state index contributed by atoms with van der Waals surface area (Å²) < 4.78 is 0. The zero-order valence-electron chi connectivity index (χ0n) is 9.71. The lowest BCUT2D eigenvalue weighted by Gasteiger charge is -2.12. The number of aryl methyl sites for hydroxylation is 1. The number of carbonyl (C=O) groups is 2. The van der Waals surface area contributed by atoms with Crippen molar-refractivity contribution in [1.82, 2.24) is 15.5 Å². The second-order valence-electron chi connectivity index (χ2n) is 3.36. The standard InChI is InChI=1S/C9H14N4O4S/c1-2-6-12-13-9(18-6)11-8(17)10-5(3-4-14)7(15)16/h5,14H,2-4H2,1H3,(H,15,16)(H2,10,11,13,17)/t5-/m1/s1. The van der Waals surface area contributed by atoms with E-state index in [-0.39, 0.29) is 13.0 Å². The van der Waals surface area contributed by atoms with Crippen molar-refractivity contribution in [3.8, 4) is 0 Å². The first-order valence-electron chi connectivity index (χ1n) is 5.30. The Morgan fingerprint density at radius 3 is 2.67 bits per heavy atom. The Balaban J connectivity index is 2.51. The summed E-state index contributed by atoms with van der Waals surface area (Å²) in [5.41, 5.74) is 0. The molecule has 8 nitrogen and oxygen atoms in total. The molecule has 0 aliphatic carbocycles. The molecule has 0 bridgehead atoms. The molecule has 1 aromatic rings. The number of aliphatic hydroxyl groups excluding tert-OH is 1. The summed E-state index contributed by atoms with van der Waals surface area (Å²) in [7, 11) is 0. The average Bonchev–Trinajstić information content (AvgIpc) is 2.76. The first-order valence-corrected chi connectivity index (χ1v) is 6.12. The zero-order valence-corrected chi connectivity index (χ0v) is 10.5. The van der Waals surface area contributed by atoms with Gasteiger partial charge in [0.2, 0.25) is 5.13 Å². The Hall–Kier alpha value is -1.74. The van der Waals surface area contributed by atoms with E-state index in [1.807, 2.05) is 6.92 Å².